The summed E-state index contributed by atoms with van der Waals surface area (Å²) < 4.78 is 0. The fraction of sp³-hybridized carbons (Fsp3) is 0.125. The van der Waals surface area contributed by atoms with Crippen LogP contribution in [0.15, 0.2) is 52.4 Å². The number of halogens is 2. The number of thioether (sulfide) groups is 2. The van der Waals surface area contributed by atoms with Gasteiger partial charge in [-0.15, -0.1) is 11.8 Å². The zero-order chi connectivity index (χ0) is 16.7. The van der Waals surface area contributed by atoms with E-state index in [1.54, 1.807) is 17.8 Å². The number of nitriles is 1. The lowest BCUT2D eigenvalue weighted by molar-refractivity contribution is 1.27. The maximum Gasteiger partial charge on any atom is 0.183 e. The molecule has 2 rings (SSSR count). The Morgan fingerprint density at radius 3 is 2.57 bits per heavy atom. The summed E-state index contributed by atoms with van der Waals surface area (Å²) in [6, 6.07) is 13.4. The first-order chi connectivity index (χ1) is 11.1. The third-order valence-electron chi connectivity index (χ3n) is 2.83. The first-order valence-corrected chi connectivity index (χ1v) is 9.53. The average molecular weight is 382 g/mol. The van der Waals surface area contributed by atoms with Crippen LogP contribution in [0.1, 0.15) is 5.56 Å². The molecule has 0 atom stereocenters. The van der Waals surface area contributed by atoms with Gasteiger partial charge in [-0.1, -0.05) is 41.0 Å². The van der Waals surface area contributed by atoms with E-state index in [4.69, 9.17) is 28.5 Å². The Bertz CT molecular complexity index is 740. The molecule has 118 valence electrons. The van der Waals surface area contributed by atoms with Crippen molar-refractivity contribution in [3.8, 4) is 6.19 Å². The van der Waals surface area contributed by atoms with Gasteiger partial charge in [0.1, 0.15) is 0 Å². The van der Waals surface area contributed by atoms with E-state index in [9.17, 15) is 0 Å². The van der Waals surface area contributed by atoms with Crippen LogP contribution in [0.2, 0.25) is 10.0 Å². The summed E-state index contributed by atoms with van der Waals surface area (Å²) in [5.41, 5.74) is 1.84. The number of benzene rings is 2. The highest BCUT2D eigenvalue weighted by molar-refractivity contribution is 8.13. The van der Waals surface area contributed by atoms with Crippen molar-refractivity contribution in [3.05, 3.63) is 58.1 Å². The van der Waals surface area contributed by atoms with Gasteiger partial charge in [-0.05, 0) is 48.2 Å². The third-order valence-corrected chi connectivity index (χ3v) is 5.06. The molecular weight excluding hydrogens is 369 g/mol. The van der Waals surface area contributed by atoms with E-state index in [1.807, 2.05) is 48.8 Å². The van der Waals surface area contributed by atoms with E-state index in [2.05, 4.69) is 10.3 Å². The minimum atomic E-state index is 0.570. The van der Waals surface area contributed by atoms with Crippen LogP contribution in [0.25, 0.3) is 0 Å². The van der Waals surface area contributed by atoms with Gasteiger partial charge in [0.25, 0.3) is 0 Å². The highest BCUT2D eigenvalue weighted by atomic mass is 35.5. The number of hydrogen-bond acceptors (Lipinski definition) is 4. The fourth-order valence-corrected chi connectivity index (χ4v) is 3.51. The number of aliphatic imine (C=N–C) groups is 1. The SMILES string of the molecule is CSC(=Nc1ccc(SCc2ccc(Cl)cc2Cl)cc1)NC#N. The summed E-state index contributed by atoms with van der Waals surface area (Å²) in [5, 5.41) is 13.1. The molecule has 0 amide bonds. The zero-order valence-corrected chi connectivity index (χ0v) is 15.4. The van der Waals surface area contributed by atoms with Gasteiger partial charge in [-0.3, -0.25) is 5.32 Å². The van der Waals surface area contributed by atoms with Crippen LogP contribution >= 0.6 is 46.7 Å². The van der Waals surface area contributed by atoms with Crippen molar-refractivity contribution in [2.24, 2.45) is 4.99 Å². The van der Waals surface area contributed by atoms with Crippen LogP contribution in [0.5, 0.6) is 0 Å². The minimum Gasteiger partial charge on any atom is -0.271 e. The molecule has 0 aliphatic rings. The maximum absolute atomic E-state index is 8.63. The molecule has 0 saturated carbocycles. The molecule has 7 heteroatoms. The molecule has 0 heterocycles. The van der Waals surface area contributed by atoms with Gasteiger partial charge in [0.15, 0.2) is 11.4 Å². The van der Waals surface area contributed by atoms with E-state index in [0.29, 0.717) is 15.2 Å². The monoisotopic (exact) mass is 381 g/mol. The first-order valence-electron chi connectivity index (χ1n) is 6.57. The molecule has 0 bridgehead atoms. The molecule has 23 heavy (non-hydrogen) atoms. The summed E-state index contributed by atoms with van der Waals surface area (Å²) in [6.45, 7) is 0. The molecule has 2 aromatic carbocycles. The van der Waals surface area contributed by atoms with Gasteiger partial charge in [-0.2, -0.15) is 5.26 Å². The van der Waals surface area contributed by atoms with E-state index in [-0.39, 0.29) is 0 Å². The normalized spacial score (nSPS) is 11.1. The van der Waals surface area contributed by atoms with Crippen LogP contribution in [-0.4, -0.2) is 11.4 Å². The van der Waals surface area contributed by atoms with E-state index < -0.39 is 0 Å². The molecule has 0 spiro atoms. The third kappa shape index (κ3) is 5.67. The van der Waals surface area contributed by atoms with Crippen LogP contribution in [0.3, 0.4) is 0 Å². The Morgan fingerprint density at radius 1 is 1.22 bits per heavy atom. The van der Waals surface area contributed by atoms with Crippen molar-refractivity contribution < 1.29 is 0 Å². The summed E-state index contributed by atoms with van der Waals surface area (Å²) in [5.74, 6) is 0.769. The summed E-state index contributed by atoms with van der Waals surface area (Å²) in [6.07, 6.45) is 3.73. The van der Waals surface area contributed by atoms with Gasteiger partial charge < -0.3 is 0 Å². The average Bonchev–Trinajstić information content (AvgIpc) is 2.55. The molecule has 0 saturated heterocycles. The topological polar surface area (TPSA) is 48.2 Å². The molecule has 3 nitrogen and oxygen atoms in total. The zero-order valence-electron chi connectivity index (χ0n) is 12.2. The molecule has 0 radical (unpaired) electrons. The van der Waals surface area contributed by atoms with Gasteiger partial charge in [-0.25, -0.2) is 4.99 Å². The second kappa shape index (κ2) is 9.09. The second-order valence-corrected chi connectivity index (χ2v) is 7.06. The Morgan fingerprint density at radius 2 is 1.96 bits per heavy atom. The van der Waals surface area contributed by atoms with Crippen molar-refractivity contribution in [1.29, 1.82) is 5.26 Å². The Hall–Kier alpha value is -1.32. The van der Waals surface area contributed by atoms with Gasteiger partial charge in [0, 0.05) is 20.7 Å². The molecule has 0 fully saturated rings. The summed E-state index contributed by atoms with van der Waals surface area (Å²) in [4.78, 5) is 5.47. The Balaban J connectivity index is 2.01. The minimum absolute atomic E-state index is 0.570. The van der Waals surface area contributed by atoms with Gasteiger partial charge in [0.05, 0.1) is 5.69 Å². The lowest BCUT2D eigenvalue weighted by Crippen LogP contribution is -2.12. The molecule has 2 aromatic rings. The molecule has 1 N–H and O–H groups in total. The summed E-state index contributed by atoms with van der Waals surface area (Å²) in [7, 11) is 0. The van der Waals surface area contributed by atoms with Crippen molar-refractivity contribution >= 4 is 57.6 Å². The Labute approximate surface area is 154 Å². The smallest absolute Gasteiger partial charge is 0.183 e. The largest absolute Gasteiger partial charge is 0.271 e. The first kappa shape index (κ1) is 18.0. The van der Waals surface area contributed by atoms with Crippen LogP contribution in [-0.2, 0) is 5.75 Å². The van der Waals surface area contributed by atoms with E-state index in [0.717, 1.165) is 21.9 Å². The van der Waals surface area contributed by atoms with Crippen LogP contribution in [0.4, 0.5) is 5.69 Å². The van der Waals surface area contributed by atoms with Crippen LogP contribution in [0, 0.1) is 11.5 Å². The quantitative estimate of drug-likeness (QED) is 0.242. The van der Waals surface area contributed by atoms with Gasteiger partial charge >= 0.3 is 0 Å². The van der Waals surface area contributed by atoms with Crippen molar-refractivity contribution in [2.45, 2.75) is 10.6 Å². The van der Waals surface area contributed by atoms with E-state index >= 15 is 0 Å². The number of nitrogens with one attached hydrogen (secondary N) is 1. The predicted octanol–water partition coefficient (Wildman–Crippen LogP) is 5.71. The summed E-state index contributed by atoms with van der Waals surface area (Å²) >= 11 is 15.1. The van der Waals surface area contributed by atoms with Crippen molar-refractivity contribution in [1.82, 2.24) is 5.32 Å². The Kier molecular flexibility index (Phi) is 7.13. The number of amidine groups is 1. The standard InChI is InChI=1S/C16H13Cl2N3S2/c1-22-16(20-10-19)21-13-4-6-14(7-5-13)23-9-11-2-3-12(17)8-15(11)18/h2-8H,9H2,1H3,(H,20,21). The molecule has 0 unspecified atom stereocenters. The van der Waals surface area contributed by atoms with E-state index in [1.165, 1.54) is 11.8 Å². The molecule has 0 aliphatic carbocycles. The van der Waals surface area contributed by atoms with Crippen molar-refractivity contribution in [2.75, 3.05) is 6.26 Å². The van der Waals surface area contributed by atoms with Crippen LogP contribution < -0.4 is 5.32 Å². The number of rotatable bonds is 4. The highest BCUT2D eigenvalue weighted by Crippen LogP contribution is 2.29. The number of hydrogen-bond donors (Lipinski definition) is 1. The molecule has 0 aromatic heterocycles. The fourth-order valence-electron chi connectivity index (χ4n) is 1.71. The van der Waals surface area contributed by atoms with Gasteiger partial charge in [0.2, 0.25) is 0 Å². The molecule has 0 aliphatic heterocycles. The lowest BCUT2D eigenvalue weighted by Gasteiger charge is -2.05. The van der Waals surface area contributed by atoms with Crippen molar-refractivity contribution in [3.63, 3.8) is 0 Å². The lowest BCUT2D eigenvalue weighted by atomic mass is 10.2. The predicted molar refractivity (Wildman–Crippen MR) is 102 cm³/mol. The highest BCUT2D eigenvalue weighted by Gasteiger charge is 2.03. The maximum atomic E-state index is 8.63. The number of nitrogens with zero attached hydrogens (tertiary/aromatic N) is 2. The second-order valence-electron chi connectivity index (χ2n) is 4.38. The molecular formula is C16H13Cl2N3S2.